The molecule has 0 bridgehead atoms. The number of carboxylic acid groups (broad SMARTS) is 2. The van der Waals surface area contributed by atoms with Gasteiger partial charge in [0.1, 0.15) is 32.0 Å². The van der Waals surface area contributed by atoms with E-state index < -0.39 is 130 Å². The first kappa shape index (κ1) is 104. The molecular weight excluding hydrogens is 1610 g/mol. The first-order valence-corrected chi connectivity index (χ1v) is 40.5. The molecule has 11 N–H and O–H groups in total. The fraction of sp³-hybridized carbons (Fsp3) is 0.633. The molecule has 1 saturated heterocycles. The van der Waals surface area contributed by atoms with E-state index in [-0.39, 0.29) is 194 Å². The van der Waals surface area contributed by atoms with Crippen LogP contribution in [0.2, 0.25) is 0 Å². The van der Waals surface area contributed by atoms with Gasteiger partial charge in [0.05, 0.1) is 198 Å². The molecule has 2 aromatic rings. The molecule has 682 valence electrons. The highest BCUT2D eigenvalue weighted by Crippen LogP contribution is 2.11. The number of rotatable bonds is 50. The first-order chi connectivity index (χ1) is 59.1. The zero-order chi connectivity index (χ0) is 88.3. The van der Waals surface area contributed by atoms with Crippen molar-refractivity contribution in [1.82, 2.24) is 67.5 Å². The summed E-state index contributed by atoms with van der Waals surface area (Å²) >= 11 is 0. The Balaban J connectivity index is 1.23. The number of benzene rings is 2. The standard InChI is InChI=1S/C79H121N13O30/c93-65(80-52-67(95)82-55-70(98)87-63(50-61-10-4-1-5-11-61)78(108)84-54-69(97)86-60-122-59-77(106)107)17-26-110-34-36-116-32-24-91(25-33-117-37-35-111-27-18-66(94)81-53-68(96)83-56-71(99)88-64(79(109)85-57-76(104)105)51-62-12-6-2-7-13-62)75(103)58-89-20-28-112-38-42-118-46-48-120-44-40-114-30-22-90(23-31-115-41-45-121-49-47-119-43-39-113-29-21-89)72(100)14-8-3-9-19-92-73(101)15-16-74(92)102/h1-2,4-7,10-13,15-16,63-64H,3,8-9,14,17-60H2,(H,80,93)(H,81,94)(H,82,95)(H,83,96)(H,84,108)(H,85,109)(H,86,97)(H,87,98)(H,88,99)(H,104,105)(H,106,107)/t63-,64-/m0/s1. The molecule has 2 heterocycles. The van der Waals surface area contributed by atoms with Crippen molar-refractivity contribution in [1.29, 1.82) is 0 Å². The van der Waals surface area contributed by atoms with Gasteiger partial charge in [-0.25, -0.2) is 4.79 Å². The van der Waals surface area contributed by atoms with Crippen LogP contribution in [0.1, 0.15) is 49.7 Å². The Labute approximate surface area is 708 Å². The summed E-state index contributed by atoms with van der Waals surface area (Å²) in [4.78, 5) is 193. The van der Waals surface area contributed by atoms with Gasteiger partial charge in [0.2, 0.25) is 65.0 Å². The minimum Gasteiger partial charge on any atom is -0.480 e. The molecule has 4 rings (SSSR count). The molecule has 0 unspecified atom stereocenters. The largest absolute Gasteiger partial charge is 0.480 e. The Morgan fingerprint density at radius 3 is 1.19 bits per heavy atom. The van der Waals surface area contributed by atoms with Crippen molar-refractivity contribution < 1.29 is 144 Å². The van der Waals surface area contributed by atoms with Crippen LogP contribution in [0, 0.1) is 0 Å². The number of imide groups is 1. The average molecular weight is 1730 g/mol. The summed E-state index contributed by atoms with van der Waals surface area (Å²) in [6, 6.07) is 15.0. The van der Waals surface area contributed by atoms with E-state index in [2.05, 4.69) is 47.9 Å². The minimum atomic E-state index is -1.28. The summed E-state index contributed by atoms with van der Waals surface area (Å²) in [7, 11) is 0. The van der Waals surface area contributed by atoms with E-state index in [1.54, 1.807) is 70.5 Å². The molecule has 122 heavy (non-hydrogen) atoms. The van der Waals surface area contributed by atoms with Gasteiger partial charge in [0, 0.05) is 90.1 Å². The third kappa shape index (κ3) is 53.6. The predicted octanol–water partition coefficient (Wildman–Crippen LogP) is -5.16. The lowest BCUT2D eigenvalue weighted by molar-refractivity contribution is -0.143. The number of amides is 13. The van der Waals surface area contributed by atoms with E-state index in [9.17, 15) is 71.9 Å². The lowest BCUT2D eigenvalue weighted by atomic mass is 10.1. The number of hydrogen-bond acceptors (Lipinski definition) is 29. The molecule has 2 atom stereocenters. The Morgan fingerprint density at radius 1 is 0.385 bits per heavy atom. The van der Waals surface area contributed by atoms with E-state index >= 15 is 0 Å². The molecule has 0 aromatic heterocycles. The van der Waals surface area contributed by atoms with E-state index in [0.29, 0.717) is 103 Å². The lowest BCUT2D eigenvalue weighted by Gasteiger charge is -2.27. The van der Waals surface area contributed by atoms with Crippen LogP contribution in [-0.2, 0) is 146 Å². The monoisotopic (exact) mass is 1730 g/mol. The second kappa shape index (κ2) is 67.4. The summed E-state index contributed by atoms with van der Waals surface area (Å²) in [6.07, 6.45) is 4.43. The van der Waals surface area contributed by atoms with Crippen LogP contribution in [0.25, 0.3) is 0 Å². The van der Waals surface area contributed by atoms with Crippen LogP contribution in [0.3, 0.4) is 0 Å². The molecule has 2 aliphatic rings. The van der Waals surface area contributed by atoms with Crippen LogP contribution in [-0.4, -0.2) is 394 Å². The van der Waals surface area contributed by atoms with Crippen LogP contribution >= 0.6 is 0 Å². The fourth-order valence-electron chi connectivity index (χ4n) is 10.9. The maximum atomic E-state index is 14.3. The quantitative estimate of drug-likeness (QED) is 0.0168. The van der Waals surface area contributed by atoms with E-state index in [1.807, 2.05) is 4.90 Å². The number of ether oxygens (including phenoxy) is 13. The van der Waals surface area contributed by atoms with Crippen molar-refractivity contribution in [3.63, 3.8) is 0 Å². The Bertz CT molecular complexity index is 3410. The molecule has 2 aromatic carbocycles. The molecule has 0 saturated carbocycles. The molecule has 2 aliphatic heterocycles. The number of hydrogen-bond donors (Lipinski definition) is 11. The van der Waals surface area contributed by atoms with Gasteiger partial charge < -0.3 is 129 Å². The van der Waals surface area contributed by atoms with Crippen molar-refractivity contribution in [3.8, 4) is 0 Å². The predicted molar refractivity (Wildman–Crippen MR) is 429 cm³/mol. The van der Waals surface area contributed by atoms with Gasteiger partial charge in [0.25, 0.3) is 11.8 Å². The number of carbonyl (C=O) groups excluding carboxylic acids is 13. The number of carbonyl (C=O) groups is 15. The lowest BCUT2D eigenvalue weighted by Crippen LogP contribution is -2.52. The van der Waals surface area contributed by atoms with Crippen molar-refractivity contribution in [2.45, 2.75) is 63.5 Å². The molecule has 43 heteroatoms. The fourth-order valence-corrected chi connectivity index (χ4v) is 10.9. The SMILES string of the molecule is O=C(O)CNC(=O)[C@H](Cc1ccccc1)NC(=O)CNC(=O)CNC(=O)CCOCCOCCN(CCOCCOCCC(=O)NCC(=O)NCC(=O)N[C@@H](Cc1ccccc1)C(=O)NCC(=O)NCOCC(=O)O)C(=O)CN1CCOCCOCCOCCOCCN(C(=O)CCCCCN2C(=O)C=CC2=O)CCOCCOCCOCCOCC1. The van der Waals surface area contributed by atoms with Crippen molar-refractivity contribution in [2.24, 2.45) is 0 Å². The highest BCUT2D eigenvalue weighted by molar-refractivity contribution is 6.12. The molecule has 0 spiro atoms. The van der Waals surface area contributed by atoms with Gasteiger partial charge in [0.15, 0.2) is 0 Å². The molecule has 43 nitrogen and oxygen atoms in total. The van der Waals surface area contributed by atoms with Crippen LogP contribution in [0.4, 0.5) is 0 Å². The first-order valence-electron chi connectivity index (χ1n) is 40.5. The number of carboxylic acids is 2. The Morgan fingerprint density at radius 2 is 0.762 bits per heavy atom. The molecule has 0 radical (unpaired) electrons. The maximum Gasteiger partial charge on any atom is 0.329 e. The third-order valence-corrected chi connectivity index (χ3v) is 17.4. The maximum absolute atomic E-state index is 14.3. The molecule has 0 aliphatic carbocycles. The van der Waals surface area contributed by atoms with Gasteiger partial charge in [-0.05, 0) is 24.0 Å². The number of aliphatic carboxylic acids is 2. The summed E-state index contributed by atoms with van der Waals surface area (Å²) in [5, 5.41) is 39.3. The summed E-state index contributed by atoms with van der Waals surface area (Å²) in [5.41, 5.74) is 1.37. The zero-order valence-electron chi connectivity index (χ0n) is 69.1. The van der Waals surface area contributed by atoms with Crippen LogP contribution in [0.15, 0.2) is 72.8 Å². The van der Waals surface area contributed by atoms with E-state index in [1.165, 1.54) is 17.1 Å². The van der Waals surface area contributed by atoms with Crippen molar-refractivity contribution >= 4 is 88.7 Å². The third-order valence-electron chi connectivity index (χ3n) is 17.4. The van der Waals surface area contributed by atoms with Crippen LogP contribution in [0.5, 0.6) is 0 Å². The van der Waals surface area contributed by atoms with Gasteiger partial charge in [-0.15, -0.1) is 0 Å². The number of nitrogens with one attached hydrogen (secondary N) is 9. The van der Waals surface area contributed by atoms with E-state index in [4.69, 9.17) is 71.8 Å². The highest BCUT2D eigenvalue weighted by Gasteiger charge is 2.27. The number of nitrogens with zero attached hydrogens (tertiary/aromatic N) is 4. The Kier molecular flexibility index (Phi) is 57.6. The van der Waals surface area contributed by atoms with Gasteiger partial charge in [-0.1, -0.05) is 67.1 Å². The smallest absolute Gasteiger partial charge is 0.329 e. The average Bonchev–Trinajstić information content (AvgIpc) is 1.56. The van der Waals surface area contributed by atoms with Crippen molar-refractivity contribution in [2.75, 3.05) is 264 Å². The van der Waals surface area contributed by atoms with E-state index in [0.717, 1.165) is 0 Å². The van der Waals surface area contributed by atoms with Gasteiger partial charge in [-0.3, -0.25) is 76.9 Å². The summed E-state index contributed by atoms with van der Waals surface area (Å²) < 4.78 is 73.9. The van der Waals surface area contributed by atoms with Crippen LogP contribution < -0.4 is 47.9 Å². The van der Waals surface area contributed by atoms with Crippen molar-refractivity contribution in [3.05, 3.63) is 83.9 Å². The summed E-state index contributed by atoms with van der Waals surface area (Å²) in [6.45, 7) is 2.24. The topological polar surface area (TPSA) is 538 Å². The second-order valence-corrected chi connectivity index (χ2v) is 26.9. The highest BCUT2D eigenvalue weighted by atomic mass is 16.6. The van der Waals surface area contributed by atoms with Gasteiger partial charge in [-0.2, -0.15) is 0 Å². The molecule has 13 amide bonds. The number of unbranched alkanes of at least 4 members (excludes halogenated alkanes) is 2. The summed E-state index contributed by atoms with van der Waals surface area (Å²) in [5.74, 6) is -9.61. The van der Waals surface area contributed by atoms with Gasteiger partial charge >= 0.3 is 11.9 Å². The Hall–Kier alpha value is -10.1. The second-order valence-electron chi connectivity index (χ2n) is 26.9. The molecule has 1 fully saturated rings. The normalized spacial score (nSPS) is 15.4. The minimum absolute atomic E-state index is 0.0270. The molecular formula is C79H121N13O30. The zero-order valence-corrected chi connectivity index (χ0v) is 69.1.